The third kappa shape index (κ3) is 5.74. The van der Waals surface area contributed by atoms with Gasteiger partial charge in [-0.15, -0.1) is 0 Å². The highest BCUT2D eigenvalue weighted by atomic mass is 15.3. The monoisotopic (exact) mass is 742 g/mol. The van der Waals surface area contributed by atoms with Crippen molar-refractivity contribution < 1.29 is 0 Å². The number of aromatic nitrogens is 5. The zero-order valence-electron chi connectivity index (χ0n) is 31.3. The second-order valence-corrected chi connectivity index (χ2v) is 14.3. The molecule has 7 aromatic carbocycles. The van der Waals surface area contributed by atoms with Crippen molar-refractivity contribution in [2.24, 2.45) is 0 Å². The maximum Gasteiger partial charge on any atom is 0.235 e. The third-order valence-electron chi connectivity index (χ3n) is 10.8. The molecule has 272 valence electrons. The van der Waals surface area contributed by atoms with E-state index in [0.717, 1.165) is 89.3 Å². The Morgan fingerprint density at radius 1 is 0.345 bits per heavy atom. The van der Waals surface area contributed by atoms with Crippen molar-refractivity contribution in [1.82, 2.24) is 24.5 Å². The summed E-state index contributed by atoms with van der Waals surface area (Å²) < 4.78 is 2.21. The van der Waals surface area contributed by atoms with Crippen LogP contribution in [0.3, 0.4) is 0 Å². The predicted molar refractivity (Wildman–Crippen MR) is 237 cm³/mol. The van der Waals surface area contributed by atoms with E-state index in [-0.39, 0.29) is 0 Å². The number of nitrogens with zero attached hydrogens (tertiary/aromatic N) is 6. The van der Waals surface area contributed by atoms with Crippen LogP contribution in [0.25, 0.3) is 84.9 Å². The SMILES string of the molecule is C1=Cc2ccc3c(c2N(c2nc(-c4ccccc4)cc(-c4ccccc4)n2)c2ccccc21)c1ccccc1n3-c1nc(-c2ccccc2)cc(-c2ccccc2)n1. The highest BCUT2D eigenvalue weighted by molar-refractivity contribution is 6.19. The Morgan fingerprint density at radius 3 is 1.34 bits per heavy atom. The van der Waals surface area contributed by atoms with Crippen LogP contribution in [0.15, 0.2) is 194 Å². The van der Waals surface area contributed by atoms with E-state index in [4.69, 9.17) is 19.9 Å². The van der Waals surface area contributed by atoms with Gasteiger partial charge in [-0.05, 0) is 41.5 Å². The zero-order chi connectivity index (χ0) is 38.4. The highest BCUT2D eigenvalue weighted by Gasteiger charge is 2.29. The summed E-state index contributed by atoms with van der Waals surface area (Å²) in [7, 11) is 0. The fraction of sp³-hybridized carbons (Fsp3) is 0. The minimum Gasteiger partial charge on any atom is -0.278 e. The van der Waals surface area contributed by atoms with Gasteiger partial charge in [-0.2, -0.15) is 0 Å². The Bertz CT molecular complexity index is 3040. The molecule has 0 aliphatic carbocycles. The van der Waals surface area contributed by atoms with Crippen molar-refractivity contribution in [3.8, 4) is 51.0 Å². The number of hydrogen-bond donors (Lipinski definition) is 0. The lowest BCUT2D eigenvalue weighted by molar-refractivity contribution is 0.995. The van der Waals surface area contributed by atoms with Gasteiger partial charge in [-0.25, -0.2) is 19.9 Å². The number of para-hydroxylation sites is 2. The molecule has 0 spiro atoms. The molecule has 11 rings (SSSR count). The zero-order valence-corrected chi connectivity index (χ0v) is 31.3. The summed E-state index contributed by atoms with van der Waals surface area (Å²) in [6, 6.07) is 66.9. The molecule has 0 atom stereocenters. The topological polar surface area (TPSA) is 59.7 Å². The van der Waals surface area contributed by atoms with E-state index in [0.29, 0.717) is 11.9 Å². The van der Waals surface area contributed by atoms with Crippen LogP contribution in [0.5, 0.6) is 0 Å². The first-order valence-corrected chi connectivity index (χ1v) is 19.4. The number of fused-ring (bicyclic) bond motifs is 6. The molecule has 6 heteroatoms. The van der Waals surface area contributed by atoms with Gasteiger partial charge < -0.3 is 0 Å². The largest absolute Gasteiger partial charge is 0.278 e. The van der Waals surface area contributed by atoms with E-state index in [1.165, 1.54) is 0 Å². The van der Waals surface area contributed by atoms with Gasteiger partial charge in [0.25, 0.3) is 0 Å². The van der Waals surface area contributed by atoms with Gasteiger partial charge in [0.1, 0.15) is 0 Å². The maximum absolute atomic E-state index is 5.39. The molecule has 0 saturated carbocycles. The number of hydrogen-bond acceptors (Lipinski definition) is 5. The standard InChI is InChI=1S/C52H34N6/c1-5-17-35(18-6-1)42-33-43(36-19-7-2-8-20-36)54-51(53-42)57-47-28-16-14-26-41(47)49-48(57)32-31-40-30-29-39-25-13-15-27-46(39)58(50(40)49)52-55-44(37-21-9-3-10-22-37)34-45(56-52)38-23-11-4-12-24-38/h1-34H. The molecular weight excluding hydrogens is 709 g/mol. The quantitative estimate of drug-likeness (QED) is 0.170. The smallest absolute Gasteiger partial charge is 0.235 e. The van der Waals surface area contributed by atoms with Crippen LogP contribution in [-0.2, 0) is 0 Å². The van der Waals surface area contributed by atoms with Gasteiger partial charge in [0.05, 0.1) is 45.2 Å². The Hall–Kier alpha value is -7.96. The summed E-state index contributed by atoms with van der Waals surface area (Å²) in [5, 5.41) is 2.13. The van der Waals surface area contributed by atoms with Crippen LogP contribution in [0.4, 0.5) is 17.3 Å². The lowest BCUT2D eigenvalue weighted by Crippen LogP contribution is -2.16. The van der Waals surface area contributed by atoms with Crippen LogP contribution in [0.1, 0.15) is 11.1 Å². The van der Waals surface area contributed by atoms with E-state index in [2.05, 4.69) is 167 Å². The molecule has 6 nitrogen and oxygen atoms in total. The number of benzene rings is 7. The second kappa shape index (κ2) is 14.0. The molecule has 1 aliphatic heterocycles. The summed E-state index contributed by atoms with van der Waals surface area (Å²) in [5.74, 6) is 1.17. The van der Waals surface area contributed by atoms with E-state index < -0.39 is 0 Å². The van der Waals surface area contributed by atoms with E-state index in [1.807, 2.05) is 48.5 Å². The number of rotatable bonds is 6. The molecule has 0 radical (unpaired) electrons. The van der Waals surface area contributed by atoms with Gasteiger partial charge in [0.15, 0.2) is 0 Å². The molecule has 0 amide bonds. The molecule has 10 aromatic rings. The molecule has 0 saturated heterocycles. The predicted octanol–water partition coefficient (Wildman–Crippen LogP) is 13.0. The van der Waals surface area contributed by atoms with Gasteiger partial charge in [-0.1, -0.05) is 176 Å². The molecule has 0 unspecified atom stereocenters. The molecule has 0 bridgehead atoms. The molecule has 4 heterocycles. The van der Waals surface area contributed by atoms with Gasteiger partial charge >= 0.3 is 0 Å². The Morgan fingerprint density at radius 2 is 0.793 bits per heavy atom. The summed E-state index contributed by atoms with van der Waals surface area (Å²) in [6.07, 6.45) is 4.40. The second-order valence-electron chi connectivity index (χ2n) is 14.3. The first-order valence-electron chi connectivity index (χ1n) is 19.4. The normalized spacial score (nSPS) is 12.0. The van der Waals surface area contributed by atoms with Crippen LogP contribution >= 0.6 is 0 Å². The molecule has 1 aliphatic rings. The van der Waals surface area contributed by atoms with Crippen LogP contribution < -0.4 is 4.90 Å². The summed E-state index contributed by atoms with van der Waals surface area (Å²) in [5.41, 5.74) is 13.5. The summed E-state index contributed by atoms with van der Waals surface area (Å²) >= 11 is 0. The van der Waals surface area contributed by atoms with Crippen molar-refractivity contribution >= 4 is 51.3 Å². The van der Waals surface area contributed by atoms with Gasteiger partial charge in [0.2, 0.25) is 11.9 Å². The fourth-order valence-electron chi connectivity index (χ4n) is 8.09. The van der Waals surface area contributed by atoms with Crippen LogP contribution in [-0.4, -0.2) is 24.5 Å². The van der Waals surface area contributed by atoms with Crippen LogP contribution in [0.2, 0.25) is 0 Å². The molecule has 0 N–H and O–H groups in total. The van der Waals surface area contributed by atoms with Crippen molar-refractivity contribution in [2.75, 3.05) is 4.90 Å². The molecule has 3 aromatic heterocycles. The Balaban J connectivity index is 1.22. The first kappa shape index (κ1) is 33.4. The first-order chi connectivity index (χ1) is 28.8. The average molecular weight is 743 g/mol. The molecule has 58 heavy (non-hydrogen) atoms. The average Bonchev–Trinajstić information content (AvgIpc) is 3.54. The third-order valence-corrected chi connectivity index (χ3v) is 10.8. The van der Waals surface area contributed by atoms with E-state index in [9.17, 15) is 0 Å². The summed E-state index contributed by atoms with van der Waals surface area (Å²) in [4.78, 5) is 23.6. The minimum absolute atomic E-state index is 0.579. The van der Waals surface area contributed by atoms with Gasteiger partial charge in [0, 0.05) is 33.0 Å². The van der Waals surface area contributed by atoms with E-state index in [1.54, 1.807) is 0 Å². The van der Waals surface area contributed by atoms with Crippen molar-refractivity contribution in [3.63, 3.8) is 0 Å². The molecule has 0 fully saturated rings. The fourth-order valence-corrected chi connectivity index (χ4v) is 8.09. The summed E-state index contributed by atoms with van der Waals surface area (Å²) in [6.45, 7) is 0. The van der Waals surface area contributed by atoms with Crippen molar-refractivity contribution in [1.29, 1.82) is 0 Å². The minimum atomic E-state index is 0.579. The maximum atomic E-state index is 5.39. The Labute approximate surface area is 335 Å². The van der Waals surface area contributed by atoms with E-state index >= 15 is 0 Å². The van der Waals surface area contributed by atoms with Gasteiger partial charge in [-0.3, -0.25) is 9.47 Å². The highest BCUT2D eigenvalue weighted by Crippen LogP contribution is 2.48. The van der Waals surface area contributed by atoms with Crippen LogP contribution in [0, 0.1) is 0 Å². The number of anilines is 3. The van der Waals surface area contributed by atoms with Crippen molar-refractivity contribution in [2.45, 2.75) is 0 Å². The van der Waals surface area contributed by atoms with Crippen molar-refractivity contribution in [3.05, 3.63) is 205 Å². The lowest BCUT2D eigenvalue weighted by Gasteiger charge is -2.27. The Kier molecular flexibility index (Phi) is 8.04. The lowest BCUT2D eigenvalue weighted by atomic mass is 10.0. The molecular formula is C52H34N6.